The number of rotatable bonds is 13. The van der Waals surface area contributed by atoms with E-state index in [0.29, 0.717) is 24.7 Å². The van der Waals surface area contributed by atoms with Gasteiger partial charge in [0.15, 0.2) is 0 Å². The molecule has 5 amide bonds. The summed E-state index contributed by atoms with van der Waals surface area (Å²) in [6.07, 6.45) is 10.2. The molecule has 1 heterocycles. The molecule has 5 saturated carbocycles. The fourth-order valence-electron chi connectivity index (χ4n) is 8.78. The average molecular weight is 679 g/mol. The van der Waals surface area contributed by atoms with Crippen LogP contribution in [0.3, 0.4) is 0 Å². The number of carbonyl (C=O) groups is 5. The third kappa shape index (κ3) is 6.98. The Morgan fingerprint density at radius 3 is 2.11 bits per heavy atom. The molecule has 5 aliphatic carbocycles. The van der Waals surface area contributed by atoms with E-state index in [0.717, 1.165) is 37.5 Å². The number of nitrogens with one attached hydrogen (secondary N) is 4. The number of piperidine rings is 1. The first-order valence-corrected chi connectivity index (χ1v) is 17.5. The molecule has 4 N–H and O–H groups in total. The highest BCUT2D eigenvalue weighted by molar-refractivity contribution is 6.51. The summed E-state index contributed by atoms with van der Waals surface area (Å²) in [6.45, 7) is 13.3. The largest absolute Gasteiger partial charge is 0.349 e. The Balaban J connectivity index is 1.29. The molecule has 0 aromatic heterocycles. The Kier molecular flexibility index (Phi) is 10.2. The summed E-state index contributed by atoms with van der Waals surface area (Å²) in [6, 6.07) is -3.42. The number of allylic oxidation sites excluding steroid dienone is 1. The first-order chi connectivity index (χ1) is 21.7. The molecule has 0 spiro atoms. The lowest BCUT2D eigenvalue weighted by Gasteiger charge is -2.54. The number of urea groups is 1. The predicted molar refractivity (Wildman–Crippen MR) is 177 cm³/mol. The topological polar surface area (TPSA) is 137 Å². The number of halogens is 2. The molecule has 46 heavy (non-hydrogen) atoms. The van der Waals surface area contributed by atoms with Crippen molar-refractivity contribution in [2.45, 2.75) is 101 Å². The zero-order chi connectivity index (χ0) is 33.6. The van der Waals surface area contributed by atoms with E-state index in [-0.39, 0.29) is 37.5 Å². The lowest BCUT2D eigenvalue weighted by Crippen LogP contribution is -2.63. The summed E-state index contributed by atoms with van der Waals surface area (Å²) >= 11 is 13.1. The molecule has 1 aliphatic heterocycles. The van der Waals surface area contributed by atoms with Crippen molar-refractivity contribution in [2.75, 3.05) is 13.1 Å². The lowest BCUT2D eigenvalue weighted by atomic mass is 9.54. The Bertz CT molecular complexity index is 1240. The molecule has 6 aliphatic rings. The minimum absolute atomic E-state index is 0.105. The molecule has 12 heteroatoms. The van der Waals surface area contributed by atoms with E-state index in [1.807, 2.05) is 20.8 Å². The van der Waals surface area contributed by atoms with E-state index in [9.17, 15) is 24.0 Å². The lowest BCUT2D eigenvalue weighted by molar-refractivity contribution is -0.144. The quantitative estimate of drug-likeness (QED) is 0.102. The van der Waals surface area contributed by atoms with E-state index in [2.05, 4.69) is 34.4 Å². The van der Waals surface area contributed by atoms with E-state index < -0.39 is 57.3 Å². The first kappa shape index (κ1) is 34.7. The molecule has 0 aromatic carbocycles. The van der Waals surface area contributed by atoms with E-state index >= 15 is 0 Å². The van der Waals surface area contributed by atoms with Crippen LogP contribution in [-0.4, -0.2) is 76.0 Å². The van der Waals surface area contributed by atoms with Crippen LogP contribution in [0.1, 0.15) is 72.1 Å². The van der Waals surface area contributed by atoms with E-state index in [4.69, 9.17) is 23.2 Å². The number of amides is 5. The highest BCUT2D eigenvalue weighted by Gasteiger charge is 2.74. The van der Waals surface area contributed by atoms with Gasteiger partial charge in [-0.1, -0.05) is 32.9 Å². The maximum absolute atomic E-state index is 14.3. The van der Waals surface area contributed by atoms with Gasteiger partial charge < -0.3 is 26.2 Å². The highest BCUT2D eigenvalue weighted by Crippen LogP contribution is 2.65. The van der Waals surface area contributed by atoms with Crippen LogP contribution in [0.25, 0.3) is 0 Å². The zero-order valence-corrected chi connectivity index (χ0v) is 28.7. The maximum Gasteiger partial charge on any atom is 0.315 e. The molecule has 5 atom stereocenters. The van der Waals surface area contributed by atoms with E-state index in [1.54, 1.807) is 12.2 Å². The molecule has 6 rings (SSSR count). The number of hydrogen-bond donors (Lipinski definition) is 4. The summed E-state index contributed by atoms with van der Waals surface area (Å²) in [4.78, 5) is 68.7. The number of ketones is 1. The molecular weight excluding hydrogens is 629 g/mol. The van der Waals surface area contributed by atoms with E-state index in [1.165, 1.54) is 11.3 Å². The average Bonchev–Trinajstić information content (AvgIpc) is 3.30. The van der Waals surface area contributed by atoms with Gasteiger partial charge in [-0.05, 0) is 80.5 Å². The molecule has 10 nitrogen and oxygen atoms in total. The smallest absolute Gasteiger partial charge is 0.315 e. The molecule has 1 saturated heterocycles. The summed E-state index contributed by atoms with van der Waals surface area (Å²) in [5.74, 6) is -1.04. The van der Waals surface area contributed by atoms with Gasteiger partial charge in [-0.3, -0.25) is 19.2 Å². The molecule has 4 bridgehead atoms. The van der Waals surface area contributed by atoms with Crippen molar-refractivity contribution in [3.63, 3.8) is 0 Å². The third-order valence-electron chi connectivity index (χ3n) is 10.9. The van der Waals surface area contributed by atoms with Crippen LogP contribution in [0.5, 0.6) is 0 Å². The normalized spacial score (nSPS) is 32.8. The van der Waals surface area contributed by atoms with Crippen molar-refractivity contribution < 1.29 is 24.0 Å². The second kappa shape index (κ2) is 13.5. The maximum atomic E-state index is 14.3. The van der Waals surface area contributed by atoms with Crippen LogP contribution in [-0.2, 0) is 19.2 Å². The minimum atomic E-state index is -1.21. The van der Waals surface area contributed by atoms with Gasteiger partial charge >= 0.3 is 6.03 Å². The summed E-state index contributed by atoms with van der Waals surface area (Å²) in [7, 11) is 0. The molecule has 6 fully saturated rings. The van der Waals surface area contributed by atoms with Gasteiger partial charge in [-0.25, -0.2) is 4.79 Å². The van der Waals surface area contributed by atoms with Crippen LogP contribution in [0.2, 0.25) is 0 Å². The number of fused-ring (bicyclic) bond motifs is 1. The monoisotopic (exact) mass is 677 g/mol. The van der Waals surface area contributed by atoms with Crippen LogP contribution in [0, 0.1) is 40.9 Å². The third-order valence-corrected chi connectivity index (χ3v) is 12.0. The van der Waals surface area contributed by atoms with Crippen molar-refractivity contribution in [3.8, 4) is 0 Å². The Labute approximate surface area is 282 Å². The number of alkyl halides is 2. The number of carbonyl (C=O) groups excluding carboxylic acids is 5. The number of hydrogen-bond acceptors (Lipinski definition) is 5. The molecular formula is C34H49Cl2N5O5. The predicted octanol–water partition coefficient (Wildman–Crippen LogP) is 3.87. The molecule has 1 unspecified atom stereocenters. The van der Waals surface area contributed by atoms with Crippen LogP contribution < -0.4 is 21.3 Å². The standard InChI is InChI=1S/C34H49Cl2N5O5/c1-6-8-10-23(27(42)30(44)37-11-9-7-2)38-29(43)26-24-22(34(24,35)36)17-41(26)31(45)28(33(3,4)5)40-32(46)39-25-20-13-18-12-19(15-20)16-21(25)14-18/h6-7,18-26,28H,1-2,8-17H2,3-5H3,(H,37,44)(H,38,43)(H2,39,40,46)/t18?,19?,20?,21?,22-,23?,24-,25?,26-,28+/m0/s1. The summed E-state index contributed by atoms with van der Waals surface area (Å²) < 4.78 is -1.21. The van der Waals surface area contributed by atoms with Gasteiger partial charge in [0.25, 0.3) is 5.91 Å². The number of Topliss-reactive ketones (excluding diaryl/α,β-unsaturated/α-hetero) is 1. The zero-order valence-electron chi connectivity index (χ0n) is 27.2. The van der Waals surface area contributed by atoms with Crippen LogP contribution in [0.4, 0.5) is 4.79 Å². The Hall–Kier alpha value is -2.59. The molecule has 0 aromatic rings. The SMILES string of the molecule is C=CCCNC(=O)C(=O)C(CCC=C)NC(=O)[C@@H]1[C@@H]2[C@H](CN1C(=O)[C@@H](NC(=O)NC1C3CC4CC(C3)CC1C4)C(C)(C)C)C2(Cl)Cl. The van der Waals surface area contributed by atoms with Crippen molar-refractivity contribution in [3.05, 3.63) is 25.3 Å². The van der Waals surface area contributed by atoms with Gasteiger partial charge in [-0.15, -0.1) is 36.4 Å². The van der Waals surface area contributed by atoms with Crippen molar-refractivity contribution in [1.29, 1.82) is 0 Å². The summed E-state index contributed by atoms with van der Waals surface area (Å²) in [5, 5.41) is 11.5. The fourth-order valence-corrected chi connectivity index (χ4v) is 9.60. The van der Waals surface area contributed by atoms with Crippen LogP contribution in [0.15, 0.2) is 25.3 Å². The fraction of sp³-hybridized carbons (Fsp3) is 0.735. The number of likely N-dealkylation sites (tertiary alicyclic amines) is 1. The molecule has 0 radical (unpaired) electrons. The van der Waals surface area contributed by atoms with Crippen molar-refractivity contribution in [2.24, 2.45) is 40.9 Å². The Morgan fingerprint density at radius 2 is 1.54 bits per heavy atom. The highest BCUT2D eigenvalue weighted by atomic mass is 35.5. The van der Waals surface area contributed by atoms with Gasteiger partial charge in [0.2, 0.25) is 17.6 Å². The molecule has 254 valence electrons. The van der Waals surface area contributed by atoms with Gasteiger partial charge in [0, 0.05) is 31.0 Å². The number of nitrogens with zero attached hydrogens (tertiary/aromatic N) is 1. The van der Waals surface area contributed by atoms with Gasteiger partial charge in [0.1, 0.15) is 16.4 Å². The van der Waals surface area contributed by atoms with Crippen molar-refractivity contribution in [1.82, 2.24) is 26.2 Å². The second-order valence-corrected chi connectivity index (χ2v) is 16.7. The van der Waals surface area contributed by atoms with Crippen LogP contribution >= 0.6 is 23.2 Å². The van der Waals surface area contributed by atoms with Crippen molar-refractivity contribution >= 4 is 52.7 Å². The van der Waals surface area contributed by atoms with Gasteiger partial charge in [0.05, 0.1) is 6.04 Å². The Morgan fingerprint density at radius 1 is 0.935 bits per heavy atom. The summed E-state index contributed by atoms with van der Waals surface area (Å²) in [5.41, 5.74) is -0.683. The first-order valence-electron chi connectivity index (χ1n) is 16.8. The van der Waals surface area contributed by atoms with Gasteiger partial charge in [-0.2, -0.15) is 0 Å². The minimum Gasteiger partial charge on any atom is -0.349 e. The second-order valence-electron chi connectivity index (χ2n) is 15.2.